The Bertz CT molecular complexity index is 415. The zero-order valence-electron chi connectivity index (χ0n) is 9.99. The first-order valence-electron chi connectivity index (χ1n) is 5.89. The summed E-state index contributed by atoms with van der Waals surface area (Å²) in [5.74, 6) is 1.47. The number of rotatable bonds is 5. The average Bonchev–Trinajstić information content (AvgIpc) is 2.40. The lowest BCUT2D eigenvalue weighted by molar-refractivity contribution is 0.170. The Morgan fingerprint density at radius 1 is 1.39 bits per heavy atom. The van der Waals surface area contributed by atoms with Gasteiger partial charge in [-0.2, -0.15) is 0 Å². The number of benzene rings is 1. The second-order valence-corrected chi connectivity index (χ2v) is 4.85. The topological polar surface area (TPSA) is 76.7 Å². The van der Waals surface area contributed by atoms with Gasteiger partial charge in [-0.1, -0.05) is 0 Å². The van der Waals surface area contributed by atoms with E-state index in [1.54, 1.807) is 0 Å². The summed E-state index contributed by atoms with van der Waals surface area (Å²) in [5.41, 5.74) is 6.76. The number of halogens is 1. The quantitative estimate of drug-likeness (QED) is 0.749. The van der Waals surface area contributed by atoms with E-state index in [-0.39, 0.29) is 12.6 Å². The Balaban J connectivity index is 2.24. The van der Waals surface area contributed by atoms with Gasteiger partial charge in [0.05, 0.1) is 11.1 Å². The van der Waals surface area contributed by atoms with E-state index >= 15 is 0 Å². The van der Waals surface area contributed by atoms with Crippen LogP contribution in [0.25, 0.3) is 0 Å². The molecule has 6 heteroatoms. The molecular weight excluding hydrogens is 300 g/mol. The molecule has 1 unspecified atom stereocenters. The van der Waals surface area contributed by atoms with Gasteiger partial charge >= 0.3 is 0 Å². The molecule has 1 heterocycles. The van der Waals surface area contributed by atoms with Crippen molar-refractivity contribution >= 4 is 15.9 Å². The van der Waals surface area contributed by atoms with Crippen LogP contribution in [-0.4, -0.2) is 38.0 Å². The molecule has 0 bridgehead atoms. The Morgan fingerprint density at radius 2 is 2.17 bits per heavy atom. The van der Waals surface area contributed by atoms with E-state index in [1.165, 1.54) is 0 Å². The zero-order chi connectivity index (χ0) is 13.0. The van der Waals surface area contributed by atoms with E-state index in [4.69, 9.17) is 20.3 Å². The van der Waals surface area contributed by atoms with Gasteiger partial charge in [-0.15, -0.1) is 0 Å². The van der Waals surface area contributed by atoms with E-state index in [1.807, 2.05) is 12.1 Å². The first-order chi connectivity index (χ1) is 8.76. The van der Waals surface area contributed by atoms with Crippen LogP contribution in [0.5, 0.6) is 11.5 Å². The van der Waals surface area contributed by atoms with E-state index in [0.29, 0.717) is 26.3 Å². The van der Waals surface area contributed by atoms with E-state index in [2.05, 4.69) is 21.2 Å². The summed E-state index contributed by atoms with van der Waals surface area (Å²) >= 11 is 3.48. The van der Waals surface area contributed by atoms with Crippen molar-refractivity contribution in [3.05, 3.63) is 22.2 Å². The molecule has 1 atom stereocenters. The van der Waals surface area contributed by atoms with Crippen LogP contribution in [0, 0.1) is 0 Å². The Labute approximate surface area is 114 Å². The van der Waals surface area contributed by atoms with Gasteiger partial charge < -0.3 is 25.6 Å². The van der Waals surface area contributed by atoms with Crippen LogP contribution in [-0.2, 0) is 0 Å². The number of nitrogens with two attached hydrogens (primary N) is 1. The van der Waals surface area contributed by atoms with Crippen LogP contribution in [0.4, 0.5) is 0 Å². The molecule has 100 valence electrons. The molecule has 4 N–H and O–H groups in total. The molecule has 5 nitrogen and oxygen atoms in total. The number of fused-ring (bicyclic) bond motifs is 1. The number of aliphatic hydroxyl groups is 1. The number of aliphatic hydroxyl groups excluding tert-OH is 1. The normalized spacial score (nSPS) is 15.5. The molecule has 1 aromatic carbocycles. The molecule has 0 aromatic heterocycles. The number of hydrogen-bond donors (Lipinski definition) is 3. The van der Waals surface area contributed by atoms with Crippen molar-refractivity contribution < 1.29 is 14.6 Å². The van der Waals surface area contributed by atoms with Crippen molar-refractivity contribution in [2.45, 2.75) is 6.04 Å². The summed E-state index contributed by atoms with van der Waals surface area (Å²) in [7, 11) is 0. The van der Waals surface area contributed by atoms with Crippen molar-refractivity contribution in [2.75, 3.05) is 32.9 Å². The third kappa shape index (κ3) is 2.95. The van der Waals surface area contributed by atoms with Gasteiger partial charge in [0.25, 0.3) is 0 Å². The summed E-state index contributed by atoms with van der Waals surface area (Å²) in [6, 6.07) is 3.89. The molecule has 0 aliphatic carbocycles. The highest BCUT2D eigenvalue weighted by Crippen LogP contribution is 2.39. The van der Waals surface area contributed by atoms with Crippen LogP contribution in [0.3, 0.4) is 0 Å². The Kier molecular flexibility index (Phi) is 4.82. The molecule has 0 amide bonds. The van der Waals surface area contributed by atoms with Gasteiger partial charge in [0.1, 0.15) is 13.2 Å². The van der Waals surface area contributed by atoms with Crippen molar-refractivity contribution in [2.24, 2.45) is 5.73 Å². The van der Waals surface area contributed by atoms with E-state index < -0.39 is 0 Å². The van der Waals surface area contributed by atoms with Crippen molar-refractivity contribution in [1.29, 1.82) is 0 Å². The second-order valence-electron chi connectivity index (χ2n) is 3.99. The number of nitrogens with one attached hydrogen (secondary N) is 1. The molecule has 0 spiro atoms. The lowest BCUT2D eigenvalue weighted by Gasteiger charge is -2.23. The first kappa shape index (κ1) is 13.6. The van der Waals surface area contributed by atoms with Crippen molar-refractivity contribution in [1.82, 2.24) is 5.32 Å². The average molecular weight is 317 g/mol. The van der Waals surface area contributed by atoms with E-state index in [9.17, 15) is 0 Å². The summed E-state index contributed by atoms with van der Waals surface area (Å²) in [6.07, 6.45) is 0. The highest BCUT2D eigenvalue weighted by molar-refractivity contribution is 9.10. The lowest BCUT2D eigenvalue weighted by atomic mass is 10.1. The van der Waals surface area contributed by atoms with Gasteiger partial charge in [-0.25, -0.2) is 0 Å². The minimum Gasteiger partial charge on any atom is -0.486 e. The fourth-order valence-corrected chi connectivity index (χ4v) is 2.48. The second kappa shape index (κ2) is 6.38. The molecule has 0 fully saturated rings. The maximum Gasteiger partial charge on any atom is 0.175 e. The van der Waals surface area contributed by atoms with Crippen LogP contribution >= 0.6 is 15.9 Å². The minimum atomic E-state index is -0.00993. The third-order valence-electron chi connectivity index (χ3n) is 2.76. The maximum atomic E-state index is 8.85. The monoisotopic (exact) mass is 316 g/mol. The van der Waals surface area contributed by atoms with Gasteiger partial charge in [0, 0.05) is 19.1 Å². The number of ether oxygens (including phenoxy) is 2. The van der Waals surface area contributed by atoms with Crippen molar-refractivity contribution in [3.8, 4) is 11.5 Å². The van der Waals surface area contributed by atoms with Crippen LogP contribution in [0.2, 0.25) is 0 Å². The Morgan fingerprint density at radius 3 is 2.89 bits per heavy atom. The van der Waals surface area contributed by atoms with Gasteiger partial charge in [0.2, 0.25) is 0 Å². The largest absolute Gasteiger partial charge is 0.486 e. The molecule has 18 heavy (non-hydrogen) atoms. The summed E-state index contributed by atoms with van der Waals surface area (Å²) in [6.45, 7) is 2.16. The summed E-state index contributed by atoms with van der Waals surface area (Å²) in [4.78, 5) is 0. The maximum absolute atomic E-state index is 8.85. The molecule has 2 rings (SSSR count). The van der Waals surface area contributed by atoms with Gasteiger partial charge in [-0.05, 0) is 33.6 Å². The zero-order valence-corrected chi connectivity index (χ0v) is 11.6. The Hall–Kier alpha value is -0.820. The molecule has 1 aliphatic heterocycles. The molecule has 1 aromatic rings. The van der Waals surface area contributed by atoms with E-state index in [0.717, 1.165) is 21.5 Å². The molecule has 1 aliphatic rings. The summed E-state index contributed by atoms with van der Waals surface area (Å²) in [5, 5.41) is 12.0. The van der Waals surface area contributed by atoms with Gasteiger partial charge in [-0.3, -0.25) is 0 Å². The molecule has 0 radical (unpaired) electrons. The fraction of sp³-hybridized carbons (Fsp3) is 0.500. The van der Waals surface area contributed by atoms with Crippen LogP contribution in [0.1, 0.15) is 11.6 Å². The molecule has 0 saturated carbocycles. The number of hydrogen-bond acceptors (Lipinski definition) is 5. The lowest BCUT2D eigenvalue weighted by Crippen LogP contribution is -2.30. The van der Waals surface area contributed by atoms with Crippen LogP contribution < -0.4 is 20.5 Å². The predicted molar refractivity (Wildman–Crippen MR) is 72.0 cm³/mol. The first-order valence-corrected chi connectivity index (χ1v) is 6.69. The van der Waals surface area contributed by atoms with Crippen molar-refractivity contribution in [3.63, 3.8) is 0 Å². The molecular formula is C12H17BrN2O3. The highest BCUT2D eigenvalue weighted by Gasteiger charge is 2.19. The highest BCUT2D eigenvalue weighted by atomic mass is 79.9. The minimum absolute atomic E-state index is 0.00993. The van der Waals surface area contributed by atoms with Crippen LogP contribution in [0.15, 0.2) is 16.6 Å². The fourth-order valence-electron chi connectivity index (χ4n) is 1.91. The molecule has 0 saturated heterocycles. The van der Waals surface area contributed by atoms with Gasteiger partial charge in [0.15, 0.2) is 11.5 Å². The predicted octanol–water partition coefficient (Wildman–Crippen LogP) is 0.802. The SMILES string of the molecule is NCC(NCCO)c1cc(Br)c2c(c1)OCCO2. The summed E-state index contributed by atoms with van der Waals surface area (Å²) < 4.78 is 12.0. The smallest absolute Gasteiger partial charge is 0.175 e. The third-order valence-corrected chi connectivity index (χ3v) is 3.35. The standard InChI is InChI=1S/C12H17BrN2O3/c13-9-5-8(10(7-14)15-1-2-16)6-11-12(9)18-4-3-17-11/h5-6,10,15-16H,1-4,7,14H2.